The summed E-state index contributed by atoms with van der Waals surface area (Å²) in [7, 11) is 0. The second-order valence-electron chi connectivity index (χ2n) is 6.75. The van der Waals surface area contributed by atoms with Gasteiger partial charge in [0, 0.05) is 24.9 Å². The number of fused-ring (bicyclic) bond motifs is 1. The number of Topliss-reactive ketones (excluding diaryl/α,β-unsaturated/α-hetero) is 1. The first-order chi connectivity index (χ1) is 13.6. The number of rotatable bonds is 6. The summed E-state index contributed by atoms with van der Waals surface area (Å²) >= 11 is 1.22. The molecule has 146 valence electrons. The van der Waals surface area contributed by atoms with Crippen molar-refractivity contribution >= 4 is 27.2 Å². The Kier molecular flexibility index (Phi) is 5.17. The van der Waals surface area contributed by atoms with Crippen LogP contribution in [-0.4, -0.2) is 38.0 Å². The van der Waals surface area contributed by atoms with Crippen molar-refractivity contribution in [3.05, 3.63) is 52.0 Å². The van der Waals surface area contributed by atoms with E-state index in [1.54, 1.807) is 13.1 Å². The summed E-state index contributed by atoms with van der Waals surface area (Å²) < 4.78 is 15.1. The number of hydrogen-bond donors (Lipinski definition) is 0. The Balaban J connectivity index is 1.57. The van der Waals surface area contributed by atoms with Gasteiger partial charge in [-0.25, -0.2) is 4.98 Å². The molecule has 1 atom stereocenters. The number of halogens is 1. The van der Waals surface area contributed by atoms with Crippen molar-refractivity contribution in [3.63, 3.8) is 0 Å². The van der Waals surface area contributed by atoms with Gasteiger partial charge in [0.15, 0.2) is 5.78 Å². The number of carbonyl (C=O) groups excluding carboxylic acids is 1. The lowest BCUT2D eigenvalue weighted by atomic mass is 10.0. The van der Waals surface area contributed by atoms with Crippen molar-refractivity contribution in [1.29, 1.82) is 0 Å². The number of anilines is 1. The van der Waals surface area contributed by atoms with Crippen LogP contribution in [0, 0.1) is 5.82 Å². The predicted octanol–water partition coefficient (Wildman–Crippen LogP) is 2.42. The number of ketones is 1. The third-order valence-corrected chi connectivity index (χ3v) is 5.92. The van der Waals surface area contributed by atoms with Gasteiger partial charge in [-0.2, -0.15) is 8.91 Å². The van der Waals surface area contributed by atoms with Crippen LogP contribution in [0.15, 0.2) is 29.2 Å². The van der Waals surface area contributed by atoms with Gasteiger partial charge in [-0.15, -0.1) is 5.10 Å². The quantitative estimate of drug-likeness (QED) is 0.631. The van der Waals surface area contributed by atoms with E-state index in [2.05, 4.69) is 15.1 Å². The van der Waals surface area contributed by atoms with E-state index in [1.165, 1.54) is 11.3 Å². The summed E-state index contributed by atoms with van der Waals surface area (Å²) in [6.07, 6.45) is 4.66. The molecule has 1 aliphatic rings. The molecule has 3 aromatic heterocycles. The van der Waals surface area contributed by atoms with E-state index >= 15 is 0 Å². The van der Waals surface area contributed by atoms with E-state index in [0.717, 1.165) is 23.1 Å². The van der Waals surface area contributed by atoms with Crippen LogP contribution in [0.2, 0.25) is 0 Å². The maximum Gasteiger partial charge on any atom is 0.311 e. The van der Waals surface area contributed by atoms with E-state index in [0.29, 0.717) is 35.9 Å². The smallest absolute Gasteiger partial charge is 0.311 e. The fourth-order valence-corrected chi connectivity index (χ4v) is 4.49. The van der Waals surface area contributed by atoms with Crippen LogP contribution in [0.3, 0.4) is 0 Å². The molecule has 0 aliphatic carbocycles. The summed E-state index contributed by atoms with van der Waals surface area (Å²) in [6, 6.07) is 5.38. The summed E-state index contributed by atoms with van der Waals surface area (Å²) in [5.41, 5.74) is 0.241. The van der Waals surface area contributed by atoms with Gasteiger partial charge in [0.2, 0.25) is 15.9 Å². The highest BCUT2D eigenvalue weighted by Gasteiger charge is 2.33. The molecule has 0 spiro atoms. The van der Waals surface area contributed by atoms with Crippen LogP contribution in [0.1, 0.15) is 37.6 Å². The minimum atomic E-state index is -0.860. The highest BCUT2D eigenvalue weighted by Crippen LogP contribution is 2.30. The number of pyridine rings is 1. The normalized spacial score (nSPS) is 16.8. The Labute approximate surface area is 164 Å². The lowest BCUT2D eigenvalue weighted by Crippen LogP contribution is -2.36. The maximum absolute atomic E-state index is 14.1. The highest BCUT2D eigenvalue weighted by molar-refractivity contribution is 7.20. The molecule has 0 radical (unpaired) electrons. The van der Waals surface area contributed by atoms with Crippen molar-refractivity contribution in [2.75, 3.05) is 11.4 Å². The Bertz CT molecular complexity index is 1070. The molecule has 1 fully saturated rings. The number of aromatic nitrogens is 4. The van der Waals surface area contributed by atoms with Gasteiger partial charge in [-0.3, -0.25) is 14.6 Å². The molecular weight excluding hydrogens is 381 g/mol. The predicted molar refractivity (Wildman–Crippen MR) is 104 cm³/mol. The number of aryl methyl sites for hydroxylation is 2. The molecule has 4 heterocycles. The van der Waals surface area contributed by atoms with Gasteiger partial charge in [0.1, 0.15) is 0 Å². The maximum atomic E-state index is 14.1. The molecule has 0 amide bonds. The van der Waals surface area contributed by atoms with Gasteiger partial charge in [0.25, 0.3) is 0 Å². The average Bonchev–Trinajstić information content (AvgIpc) is 3.36. The largest absolute Gasteiger partial charge is 0.337 e. The molecule has 0 aromatic carbocycles. The van der Waals surface area contributed by atoms with Gasteiger partial charge < -0.3 is 4.90 Å². The minimum Gasteiger partial charge on any atom is -0.337 e. The van der Waals surface area contributed by atoms with Crippen LogP contribution < -0.4 is 10.5 Å². The van der Waals surface area contributed by atoms with Crippen molar-refractivity contribution in [2.45, 2.75) is 45.1 Å². The first-order valence-corrected chi connectivity index (χ1v) is 10.2. The molecule has 0 N–H and O–H groups in total. The van der Waals surface area contributed by atoms with Crippen LogP contribution >= 0.6 is 11.3 Å². The van der Waals surface area contributed by atoms with Crippen LogP contribution in [0.4, 0.5) is 9.52 Å². The lowest BCUT2D eigenvalue weighted by Gasteiger charge is -2.22. The minimum absolute atomic E-state index is 0.128. The SMILES string of the molecule is CCc1nc2sc(N3CCC[C@@H]3C(=O)CCc3ccccn3)nn2c(=O)c1F. The molecule has 1 saturated heterocycles. The van der Waals surface area contributed by atoms with Crippen LogP contribution in [0.25, 0.3) is 4.96 Å². The van der Waals surface area contributed by atoms with Crippen molar-refractivity contribution in [1.82, 2.24) is 19.6 Å². The Morgan fingerprint density at radius 1 is 1.39 bits per heavy atom. The molecule has 3 aromatic rings. The first-order valence-electron chi connectivity index (χ1n) is 9.36. The van der Waals surface area contributed by atoms with Crippen LogP contribution in [0.5, 0.6) is 0 Å². The second kappa shape index (κ2) is 7.75. The standard InChI is InChI=1S/C19H20FN5O2S/c1-2-13-16(20)17(27)25-18(22-13)28-19(23-25)24-11-5-7-14(24)15(26)9-8-12-6-3-4-10-21-12/h3-4,6,10,14H,2,5,7-9,11H2,1H3/t14-/m1/s1. The third kappa shape index (κ3) is 3.42. The second-order valence-corrected chi connectivity index (χ2v) is 7.68. The fourth-order valence-electron chi connectivity index (χ4n) is 3.50. The van der Waals surface area contributed by atoms with Crippen molar-refractivity contribution in [3.8, 4) is 0 Å². The van der Waals surface area contributed by atoms with E-state index in [1.807, 2.05) is 23.1 Å². The van der Waals surface area contributed by atoms with Crippen LogP contribution in [-0.2, 0) is 17.6 Å². The zero-order valence-electron chi connectivity index (χ0n) is 15.5. The molecule has 1 aliphatic heterocycles. The average molecular weight is 401 g/mol. The Morgan fingerprint density at radius 3 is 3.00 bits per heavy atom. The molecule has 9 heteroatoms. The summed E-state index contributed by atoms with van der Waals surface area (Å²) in [4.78, 5) is 35.8. The van der Waals surface area contributed by atoms with Gasteiger partial charge in [-0.1, -0.05) is 24.3 Å². The summed E-state index contributed by atoms with van der Waals surface area (Å²) in [5, 5.41) is 4.80. The van der Waals surface area contributed by atoms with Crippen molar-refractivity contribution < 1.29 is 9.18 Å². The Morgan fingerprint density at radius 2 is 2.25 bits per heavy atom. The number of nitrogens with zero attached hydrogens (tertiary/aromatic N) is 5. The van der Waals surface area contributed by atoms with E-state index in [-0.39, 0.29) is 17.5 Å². The van der Waals surface area contributed by atoms with E-state index in [9.17, 15) is 14.0 Å². The topological polar surface area (TPSA) is 80.5 Å². The van der Waals surface area contributed by atoms with Crippen molar-refractivity contribution in [2.24, 2.45) is 0 Å². The zero-order valence-corrected chi connectivity index (χ0v) is 16.3. The monoisotopic (exact) mass is 401 g/mol. The highest BCUT2D eigenvalue weighted by atomic mass is 32.1. The lowest BCUT2D eigenvalue weighted by molar-refractivity contribution is -0.120. The van der Waals surface area contributed by atoms with Gasteiger partial charge in [0.05, 0.1) is 11.7 Å². The molecular formula is C19H20FN5O2S. The van der Waals surface area contributed by atoms with Gasteiger partial charge >= 0.3 is 5.56 Å². The molecule has 0 saturated carbocycles. The fraction of sp³-hybridized carbons (Fsp3) is 0.421. The number of carbonyl (C=O) groups is 1. The third-order valence-electron chi connectivity index (χ3n) is 4.97. The van der Waals surface area contributed by atoms with E-state index < -0.39 is 11.4 Å². The zero-order chi connectivity index (χ0) is 19.7. The molecule has 0 bridgehead atoms. The van der Waals surface area contributed by atoms with Gasteiger partial charge in [-0.05, 0) is 37.8 Å². The summed E-state index contributed by atoms with van der Waals surface area (Å²) in [6.45, 7) is 2.43. The first kappa shape index (κ1) is 18.7. The number of hydrogen-bond acceptors (Lipinski definition) is 7. The molecule has 28 heavy (non-hydrogen) atoms. The molecule has 7 nitrogen and oxygen atoms in total. The Hall–Kier alpha value is -2.68. The van der Waals surface area contributed by atoms with E-state index in [4.69, 9.17) is 0 Å². The summed E-state index contributed by atoms with van der Waals surface area (Å²) in [5.74, 6) is -0.732. The molecule has 0 unspecified atom stereocenters. The molecule has 4 rings (SSSR count).